The maximum absolute atomic E-state index is 12.9. The normalized spacial score (nSPS) is 15.2. The Bertz CT molecular complexity index is 810. The number of rotatable bonds is 6. The van der Waals surface area contributed by atoms with Crippen molar-refractivity contribution >= 4 is 17.6 Å². The molecule has 1 fully saturated rings. The Morgan fingerprint density at radius 3 is 2.44 bits per heavy atom. The number of hydrogen-bond donors (Lipinski definition) is 1. The fourth-order valence-corrected chi connectivity index (χ4v) is 3.72. The van der Waals surface area contributed by atoms with Crippen molar-refractivity contribution in [1.82, 2.24) is 0 Å². The van der Waals surface area contributed by atoms with E-state index in [4.69, 9.17) is 9.47 Å². The zero-order valence-electron chi connectivity index (χ0n) is 15.8. The van der Waals surface area contributed by atoms with Gasteiger partial charge in [-0.2, -0.15) is 0 Å². The van der Waals surface area contributed by atoms with Crippen molar-refractivity contribution in [3.63, 3.8) is 0 Å². The zero-order chi connectivity index (χ0) is 19.3. The Morgan fingerprint density at radius 2 is 1.78 bits per heavy atom. The van der Waals surface area contributed by atoms with Crippen LogP contribution in [-0.4, -0.2) is 25.6 Å². The number of carbonyl (C=O) groups is 2. The maximum atomic E-state index is 12.9. The molecule has 0 heterocycles. The molecule has 5 nitrogen and oxygen atoms in total. The van der Waals surface area contributed by atoms with Crippen LogP contribution in [0.4, 0.5) is 5.69 Å². The first-order valence-corrected chi connectivity index (χ1v) is 9.22. The summed E-state index contributed by atoms with van der Waals surface area (Å²) in [5.74, 6) is -0.136. The van der Waals surface area contributed by atoms with Gasteiger partial charge in [-0.1, -0.05) is 49.2 Å². The van der Waals surface area contributed by atoms with Crippen molar-refractivity contribution < 1.29 is 19.1 Å². The molecule has 1 amide bonds. The molecular weight excluding hydrogens is 342 g/mol. The van der Waals surface area contributed by atoms with Crippen LogP contribution in [0.2, 0.25) is 0 Å². The van der Waals surface area contributed by atoms with E-state index in [2.05, 4.69) is 5.32 Å². The van der Waals surface area contributed by atoms with Gasteiger partial charge in [-0.25, -0.2) is 0 Å². The van der Waals surface area contributed by atoms with Crippen LogP contribution in [-0.2, 0) is 19.7 Å². The summed E-state index contributed by atoms with van der Waals surface area (Å²) in [4.78, 5) is 25.2. The van der Waals surface area contributed by atoms with Gasteiger partial charge in [0, 0.05) is 0 Å². The number of hydrogen-bond acceptors (Lipinski definition) is 4. The Balaban J connectivity index is 1.66. The lowest BCUT2D eigenvalue weighted by Gasteiger charge is -2.27. The summed E-state index contributed by atoms with van der Waals surface area (Å²) in [5.41, 5.74) is 1.89. The summed E-state index contributed by atoms with van der Waals surface area (Å²) in [6.07, 6.45) is 3.47. The van der Waals surface area contributed by atoms with Crippen LogP contribution >= 0.6 is 0 Å². The molecule has 1 N–H and O–H groups in total. The van der Waals surface area contributed by atoms with Gasteiger partial charge in [-0.3, -0.25) is 9.59 Å². The van der Waals surface area contributed by atoms with Crippen LogP contribution in [0.1, 0.15) is 36.8 Å². The van der Waals surface area contributed by atoms with Gasteiger partial charge in [0.25, 0.3) is 5.91 Å². The van der Waals surface area contributed by atoms with Crippen LogP contribution in [0.3, 0.4) is 0 Å². The Kier molecular flexibility index (Phi) is 5.79. The molecule has 0 saturated heterocycles. The molecule has 142 valence electrons. The minimum Gasteiger partial charge on any atom is -0.495 e. The molecule has 2 aromatic rings. The quantitative estimate of drug-likeness (QED) is 0.784. The Labute approximate surface area is 159 Å². The number of benzene rings is 2. The van der Waals surface area contributed by atoms with Gasteiger partial charge < -0.3 is 14.8 Å². The molecule has 0 atom stereocenters. The van der Waals surface area contributed by atoms with Crippen LogP contribution in [0.25, 0.3) is 0 Å². The van der Waals surface area contributed by atoms with E-state index in [9.17, 15) is 9.59 Å². The smallest absolute Gasteiger partial charge is 0.317 e. The number of amides is 1. The highest BCUT2D eigenvalue weighted by Gasteiger charge is 2.44. The summed E-state index contributed by atoms with van der Waals surface area (Å²) in [6, 6.07) is 15.2. The fraction of sp³-hybridized carbons (Fsp3) is 0.364. The second kappa shape index (κ2) is 8.25. The van der Waals surface area contributed by atoms with E-state index < -0.39 is 5.41 Å². The van der Waals surface area contributed by atoms with E-state index in [0.29, 0.717) is 11.4 Å². The second-order valence-electron chi connectivity index (χ2n) is 6.98. The third-order valence-corrected chi connectivity index (χ3v) is 5.14. The predicted octanol–water partition coefficient (Wildman–Crippen LogP) is 4.00. The third kappa shape index (κ3) is 4.13. The van der Waals surface area contributed by atoms with Crippen molar-refractivity contribution in [2.45, 2.75) is 38.0 Å². The van der Waals surface area contributed by atoms with E-state index in [1.54, 1.807) is 13.2 Å². The number of methoxy groups -OCH3 is 1. The molecule has 0 aliphatic heterocycles. The first-order chi connectivity index (χ1) is 13.0. The van der Waals surface area contributed by atoms with E-state index in [-0.39, 0.29) is 18.5 Å². The van der Waals surface area contributed by atoms with Gasteiger partial charge in [0.15, 0.2) is 6.61 Å². The Morgan fingerprint density at radius 1 is 1.07 bits per heavy atom. The first-order valence-electron chi connectivity index (χ1n) is 9.22. The first kappa shape index (κ1) is 19.0. The van der Waals surface area contributed by atoms with Gasteiger partial charge in [0.2, 0.25) is 0 Å². The molecule has 0 unspecified atom stereocenters. The number of nitrogens with one attached hydrogen (secondary N) is 1. The standard InChI is InChI=1S/C22H25NO4/c1-16-10-11-19(26-2)18(14-16)23-20(24)15-27-21(25)22(12-6-7-13-22)17-8-4-3-5-9-17/h3-5,8-11,14H,6-7,12-13,15H2,1-2H3,(H,23,24). The summed E-state index contributed by atoms with van der Waals surface area (Å²) in [7, 11) is 1.55. The van der Waals surface area contributed by atoms with E-state index >= 15 is 0 Å². The number of carbonyl (C=O) groups excluding carboxylic acids is 2. The molecule has 1 saturated carbocycles. The molecule has 1 aliphatic carbocycles. The van der Waals surface area contributed by atoms with Crippen molar-refractivity contribution in [2.24, 2.45) is 0 Å². The minimum atomic E-state index is -0.636. The molecule has 1 aliphatic rings. The van der Waals surface area contributed by atoms with Crippen molar-refractivity contribution in [1.29, 1.82) is 0 Å². The largest absolute Gasteiger partial charge is 0.495 e. The summed E-state index contributed by atoms with van der Waals surface area (Å²) >= 11 is 0. The highest BCUT2D eigenvalue weighted by atomic mass is 16.5. The summed E-state index contributed by atoms with van der Waals surface area (Å²) in [6.45, 7) is 1.61. The molecule has 0 bridgehead atoms. The van der Waals surface area contributed by atoms with Gasteiger partial charge in [-0.05, 0) is 43.0 Å². The number of esters is 1. The van der Waals surface area contributed by atoms with Crippen LogP contribution in [0.15, 0.2) is 48.5 Å². The third-order valence-electron chi connectivity index (χ3n) is 5.14. The average molecular weight is 367 g/mol. The second-order valence-corrected chi connectivity index (χ2v) is 6.98. The average Bonchev–Trinajstić information content (AvgIpc) is 3.18. The fourth-order valence-electron chi connectivity index (χ4n) is 3.72. The van der Waals surface area contributed by atoms with Gasteiger partial charge >= 0.3 is 5.97 Å². The van der Waals surface area contributed by atoms with Crippen LogP contribution in [0, 0.1) is 6.92 Å². The maximum Gasteiger partial charge on any atom is 0.317 e. The van der Waals surface area contributed by atoms with Crippen molar-refractivity contribution in [3.05, 3.63) is 59.7 Å². The molecular formula is C22H25NO4. The highest BCUT2D eigenvalue weighted by molar-refractivity contribution is 5.95. The van der Waals surface area contributed by atoms with E-state index in [0.717, 1.165) is 36.8 Å². The van der Waals surface area contributed by atoms with E-state index in [1.165, 1.54) is 0 Å². The number of ether oxygens (including phenoxy) is 2. The molecule has 5 heteroatoms. The highest BCUT2D eigenvalue weighted by Crippen LogP contribution is 2.42. The van der Waals surface area contributed by atoms with Crippen LogP contribution < -0.4 is 10.1 Å². The number of anilines is 1. The number of aryl methyl sites for hydroxylation is 1. The summed E-state index contributed by atoms with van der Waals surface area (Å²) in [5, 5.41) is 2.76. The summed E-state index contributed by atoms with van der Waals surface area (Å²) < 4.78 is 10.7. The zero-order valence-corrected chi connectivity index (χ0v) is 15.8. The lowest BCUT2D eigenvalue weighted by molar-refractivity contribution is -0.153. The predicted molar refractivity (Wildman–Crippen MR) is 104 cm³/mol. The SMILES string of the molecule is COc1ccc(C)cc1NC(=O)COC(=O)C1(c2ccccc2)CCCC1. The van der Waals surface area contributed by atoms with E-state index in [1.807, 2.05) is 49.4 Å². The van der Waals surface area contributed by atoms with Crippen LogP contribution in [0.5, 0.6) is 5.75 Å². The lowest BCUT2D eigenvalue weighted by Crippen LogP contribution is -2.36. The molecule has 0 aromatic heterocycles. The molecule has 0 spiro atoms. The van der Waals surface area contributed by atoms with Crippen molar-refractivity contribution in [3.8, 4) is 5.75 Å². The topological polar surface area (TPSA) is 64.6 Å². The minimum absolute atomic E-state index is 0.315. The Hall–Kier alpha value is -2.82. The van der Waals surface area contributed by atoms with Gasteiger partial charge in [0.1, 0.15) is 5.75 Å². The monoisotopic (exact) mass is 367 g/mol. The molecule has 0 radical (unpaired) electrons. The lowest BCUT2D eigenvalue weighted by atomic mass is 9.79. The van der Waals surface area contributed by atoms with Gasteiger partial charge in [-0.15, -0.1) is 0 Å². The molecule has 2 aromatic carbocycles. The van der Waals surface area contributed by atoms with Gasteiger partial charge in [0.05, 0.1) is 18.2 Å². The molecule has 3 rings (SSSR count). The van der Waals surface area contributed by atoms with Crippen molar-refractivity contribution in [2.75, 3.05) is 19.0 Å². The molecule has 27 heavy (non-hydrogen) atoms.